The molecular weight excluding hydrogens is 481 g/mol. The second kappa shape index (κ2) is 14.1. The Bertz CT molecular complexity index is 741. The molecule has 1 unspecified atom stereocenters. The van der Waals surface area contributed by atoms with Gasteiger partial charge in [0.2, 0.25) is 0 Å². The standard InChI is InChI=1S/C22H31N3O3.HI/c1-4-23-22(25-14-19-10-11-21(27-3)20(26)12-19)24-13-17(2)15-28-16-18-8-6-5-7-9-18;/h5-12,17,26H,4,13-16H2,1-3H3,(H2,23,24,25);1H. The Balaban J connectivity index is 0.00000420. The topological polar surface area (TPSA) is 75.1 Å². The van der Waals surface area contributed by atoms with Crippen molar-refractivity contribution in [1.29, 1.82) is 0 Å². The molecule has 0 aromatic heterocycles. The molecule has 0 aliphatic rings. The summed E-state index contributed by atoms with van der Waals surface area (Å²) >= 11 is 0. The summed E-state index contributed by atoms with van der Waals surface area (Å²) in [5.74, 6) is 1.67. The molecule has 0 fully saturated rings. The number of nitrogens with zero attached hydrogens (tertiary/aromatic N) is 1. The Kier molecular flexibility index (Phi) is 12.1. The molecule has 1 atom stereocenters. The van der Waals surface area contributed by atoms with Crippen LogP contribution in [0.5, 0.6) is 11.5 Å². The van der Waals surface area contributed by atoms with Crippen LogP contribution in [-0.4, -0.2) is 37.9 Å². The third-order valence-electron chi connectivity index (χ3n) is 4.14. The molecule has 0 saturated carbocycles. The number of benzene rings is 2. The number of methoxy groups -OCH3 is 1. The first-order valence-electron chi connectivity index (χ1n) is 9.62. The summed E-state index contributed by atoms with van der Waals surface area (Å²) in [6, 6.07) is 15.5. The molecule has 0 aliphatic heterocycles. The smallest absolute Gasteiger partial charge is 0.191 e. The molecule has 0 heterocycles. The van der Waals surface area contributed by atoms with Crippen molar-refractivity contribution in [3.63, 3.8) is 0 Å². The van der Waals surface area contributed by atoms with Crippen LogP contribution in [0, 0.1) is 5.92 Å². The number of aliphatic imine (C=N–C) groups is 1. The summed E-state index contributed by atoms with van der Waals surface area (Å²) in [6.45, 7) is 7.47. The number of nitrogens with one attached hydrogen (secondary N) is 2. The van der Waals surface area contributed by atoms with Crippen LogP contribution in [0.4, 0.5) is 0 Å². The minimum absolute atomic E-state index is 0. The second-order valence-corrected chi connectivity index (χ2v) is 6.69. The molecule has 2 aromatic rings. The average molecular weight is 513 g/mol. The zero-order chi connectivity index (χ0) is 20.2. The highest BCUT2D eigenvalue weighted by atomic mass is 127. The van der Waals surface area contributed by atoms with E-state index < -0.39 is 0 Å². The van der Waals surface area contributed by atoms with Crippen molar-refractivity contribution in [2.24, 2.45) is 10.9 Å². The molecule has 0 amide bonds. The first-order chi connectivity index (χ1) is 13.6. The molecule has 2 aromatic carbocycles. The summed E-state index contributed by atoms with van der Waals surface area (Å²) in [6.07, 6.45) is 0. The van der Waals surface area contributed by atoms with Crippen molar-refractivity contribution in [2.75, 3.05) is 26.8 Å². The van der Waals surface area contributed by atoms with Crippen molar-refractivity contribution in [1.82, 2.24) is 10.6 Å². The summed E-state index contributed by atoms with van der Waals surface area (Å²) in [4.78, 5) is 4.58. The second-order valence-electron chi connectivity index (χ2n) is 6.69. The highest BCUT2D eigenvalue weighted by Crippen LogP contribution is 2.26. The molecule has 0 bridgehead atoms. The third kappa shape index (κ3) is 9.36. The van der Waals surface area contributed by atoms with E-state index in [1.807, 2.05) is 31.2 Å². The SMILES string of the molecule is CCNC(=NCc1ccc(OC)c(O)c1)NCC(C)COCc1ccccc1.I. The van der Waals surface area contributed by atoms with Crippen LogP contribution in [0.25, 0.3) is 0 Å². The fourth-order valence-electron chi connectivity index (χ4n) is 2.63. The van der Waals surface area contributed by atoms with E-state index in [0.29, 0.717) is 31.4 Å². The Morgan fingerprint density at radius 2 is 1.86 bits per heavy atom. The van der Waals surface area contributed by atoms with E-state index in [9.17, 15) is 5.11 Å². The summed E-state index contributed by atoms with van der Waals surface area (Å²) < 4.78 is 10.9. The van der Waals surface area contributed by atoms with Crippen LogP contribution in [0.3, 0.4) is 0 Å². The van der Waals surface area contributed by atoms with Gasteiger partial charge >= 0.3 is 0 Å². The lowest BCUT2D eigenvalue weighted by Crippen LogP contribution is -2.40. The van der Waals surface area contributed by atoms with Gasteiger partial charge in [0, 0.05) is 13.1 Å². The van der Waals surface area contributed by atoms with Crippen molar-refractivity contribution < 1.29 is 14.6 Å². The minimum Gasteiger partial charge on any atom is -0.504 e. The number of hydrogen-bond acceptors (Lipinski definition) is 4. The molecule has 3 N–H and O–H groups in total. The Labute approximate surface area is 190 Å². The van der Waals surface area contributed by atoms with Crippen molar-refractivity contribution >= 4 is 29.9 Å². The molecule has 2 rings (SSSR count). The highest BCUT2D eigenvalue weighted by Gasteiger charge is 2.06. The lowest BCUT2D eigenvalue weighted by molar-refractivity contribution is 0.0931. The number of ether oxygens (including phenoxy) is 2. The number of guanidine groups is 1. The molecule has 0 radical (unpaired) electrons. The van der Waals surface area contributed by atoms with E-state index in [2.05, 4.69) is 34.7 Å². The monoisotopic (exact) mass is 513 g/mol. The zero-order valence-electron chi connectivity index (χ0n) is 17.4. The Morgan fingerprint density at radius 1 is 1.10 bits per heavy atom. The lowest BCUT2D eigenvalue weighted by Gasteiger charge is -2.16. The van der Waals surface area contributed by atoms with E-state index in [-0.39, 0.29) is 29.7 Å². The summed E-state index contributed by atoms with van der Waals surface area (Å²) in [5, 5.41) is 16.5. The number of hydrogen-bond donors (Lipinski definition) is 3. The first kappa shape index (κ1) is 25.0. The van der Waals surface area contributed by atoms with Crippen LogP contribution in [0.1, 0.15) is 25.0 Å². The van der Waals surface area contributed by atoms with Crippen LogP contribution < -0.4 is 15.4 Å². The molecule has 0 spiro atoms. The molecule has 29 heavy (non-hydrogen) atoms. The van der Waals surface area contributed by atoms with Crippen molar-refractivity contribution in [3.05, 3.63) is 59.7 Å². The largest absolute Gasteiger partial charge is 0.504 e. The molecule has 0 aliphatic carbocycles. The van der Waals surface area contributed by atoms with Crippen molar-refractivity contribution in [3.8, 4) is 11.5 Å². The predicted octanol–water partition coefficient (Wildman–Crippen LogP) is 3.93. The average Bonchev–Trinajstić information content (AvgIpc) is 2.71. The van der Waals surface area contributed by atoms with E-state index in [4.69, 9.17) is 9.47 Å². The number of phenolic OH excluding ortho intramolecular Hbond substituents is 1. The van der Waals surface area contributed by atoms with Gasteiger partial charge in [0.05, 0.1) is 26.9 Å². The number of aromatic hydroxyl groups is 1. The zero-order valence-corrected chi connectivity index (χ0v) is 19.7. The van der Waals surface area contributed by atoms with Gasteiger partial charge in [-0.05, 0) is 36.1 Å². The van der Waals surface area contributed by atoms with E-state index >= 15 is 0 Å². The van der Waals surface area contributed by atoms with Crippen molar-refractivity contribution in [2.45, 2.75) is 27.0 Å². The van der Waals surface area contributed by atoms with Gasteiger partial charge in [-0.25, -0.2) is 4.99 Å². The van der Waals surface area contributed by atoms with Gasteiger partial charge in [0.15, 0.2) is 17.5 Å². The first-order valence-corrected chi connectivity index (χ1v) is 9.62. The van der Waals surface area contributed by atoms with E-state index in [1.165, 1.54) is 12.7 Å². The van der Waals surface area contributed by atoms with E-state index in [1.54, 1.807) is 12.1 Å². The molecule has 7 heteroatoms. The van der Waals surface area contributed by atoms with Gasteiger partial charge in [0.1, 0.15) is 0 Å². The normalized spacial score (nSPS) is 12.0. The number of halogens is 1. The fraction of sp³-hybridized carbons (Fsp3) is 0.409. The van der Waals surface area contributed by atoms with Crippen LogP contribution in [-0.2, 0) is 17.9 Å². The van der Waals surface area contributed by atoms with Gasteiger partial charge in [-0.2, -0.15) is 0 Å². The van der Waals surface area contributed by atoms with Gasteiger partial charge in [-0.15, -0.1) is 24.0 Å². The molecular formula is C22H32IN3O3. The molecule has 0 saturated heterocycles. The number of rotatable bonds is 10. The van der Waals surface area contributed by atoms with Crippen LogP contribution in [0.15, 0.2) is 53.5 Å². The van der Waals surface area contributed by atoms with Crippen LogP contribution in [0.2, 0.25) is 0 Å². The number of phenols is 1. The fourth-order valence-corrected chi connectivity index (χ4v) is 2.63. The molecule has 6 nitrogen and oxygen atoms in total. The quantitative estimate of drug-likeness (QED) is 0.255. The summed E-state index contributed by atoms with van der Waals surface area (Å²) in [5.41, 5.74) is 2.09. The van der Waals surface area contributed by atoms with E-state index in [0.717, 1.165) is 24.6 Å². The summed E-state index contributed by atoms with van der Waals surface area (Å²) in [7, 11) is 1.53. The van der Waals surface area contributed by atoms with Crippen LogP contribution >= 0.6 is 24.0 Å². The van der Waals surface area contributed by atoms with Gasteiger partial charge in [0.25, 0.3) is 0 Å². The third-order valence-corrected chi connectivity index (χ3v) is 4.14. The Morgan fingerprint density at radius 3 is 2.52 bits per heavy atom. The Hall–Kier alpha value is -2.00. The van der Waals surface area contributed by atoms with Gasteiger partial charge < -0.3 is 25.2 Å². The lowest BCUT2D eigenvalue weighted by atomic mass is 10.2. The highest BCUT2D eigenvalue weighted by molar-refractivity contribution is 14.0. The van der Waals surface area contributed by atoms with Gasteiger partial charge in [-0.1, -0.05) is 43.3 Å². The minimum atomic E-state index is 0. The predicted molar refractivity (Wildman–Crippen MR) is 128 cm³/mol. The maximum atomic E-state index is 9.88. The molecule has 160 valence electrons. The van der Waals surface area contributed by atoms with Gasteiger partial charge in [-0.3, -0.25) is 0 Å². The maximum absolute atomic E-state index is 9.88. The maximum Gasteiger partial charge on any atom is 0.191 e.